The van der Waals surface area contributed by atoms with Gasteiger partial charge in [-0.15, -0.1) is 0 Å². The number of aldehydes is 1. The summed E-state index contributed by atoms with van der Waals surface area (Å²) in [4.78, 5) is 12.4. The summed E-state index contributed by atoms with van der Waals surface area (Å²) in [6.45, 7) is 0. The average Bonchev–Trinajstić information content (AvgIpc) is 2.23. The number of nitrogens with zero attached hydrogens (tertiary/aromatic N) is 1. The van der Waals surface area contributed by atoms with E-state index < -0.39 is 11.6 Å². The van der Waals surface area contributed by atoms with Crippen molar-refractivity contribution in [3.05, 3.63) is 40.0 Å². The number of halogens is 3. The van der Waals surface area contributed by atoms with Gasteiger partial charge in [-0.3, -0.25) is 4.79 Å². The molecule has 0 N–H and O–H groups in total. The molecule has 16 heavy (non-hydrogen) atoms. The van der Waals surface area contributed by atoms with Crippen LogP contribution in [0.2, 0.25) is 0 Å². The van der Waals surface area contributed by atoms with Crippen LogP contribution in [0.5, 0.6) is 0 Å². The number of hydrogen-bond donors (Lipinski definition) is 0. The Morgan fingerprint density at radius 3 is 2.44 bits per heavy atom. The molecule has 2 nitrogen and oxygen atoms in total. The number of carbonyl (C=O) groups is 1. The van der Waals surface area contributed by atoms with Crippen molar-refractivity contribution in [1.29, 1.82) is 0 Å². The van der Waals surface area contributed by atoms with Gasteiger partial charge in [0, 0.05) is 31.4 Å². The predicted octanol–water partition coefficient (Wildman–Crippen LogP) is 2.83. The van der Waals surface area contributed by atoms with Gasteiger partial charge in [0.05, 0.1) is 4.47 Å². The van der Waals surface area contributed by atoms with E-state index in [1.165, 1.54) is 18.3 Å². The molecule has 0 heterocycles. The molecule has 0 aliphatic rings. The third-order valence-corrected chi connectivity index (χ3v) is 2.48. The SMILES string of the molecule is CN(C)C=C(C=O)c1ccc(Br)c(F)c1F. The molecule has 0 saturated carbocycles. The van der Waals surface area contributed by atoms with Gasteiger partial charge in [0.15, 0.2) is 17.9 Å². The minimum atomic E-state index is -1.03. The highest BCUT2D eigenvalue weighted by Crippen LogP contribution is 2.25. The van der Waals surface area contributed by atoms with Crippen molar-refractivity contribution >= 4 is 27.8 Å². The number of carbonyl (C=O) groups excluding carboxylic acids is 1. The Labute approximate surface area is 101 Å². The van der Waals surface area contributed by atoms with E-state index in [0.717, 1.165) is 0 Å². The molecular formula is C11H10BrF2NO. The Hall–Kier alpha value is -1.23. The summed E-state index contributed by atoms with van der Waals surface area (Å²) in [5.41, 5.74) is 0.0401. The lowest BCUT2D eigenvalue weighted by molar-refractivity contribution is -0.103. The number of allylic oxidation sites excluding steroid dienone is 1. The Balaban J connectivity index is 3.32. The summed E-state index contributed by atoms with van der Waals surface area (Å²) in [7, 11) is 3.38. The van der Waals surface area contributed by atoms with Crippen LogP contribution in [-0.2, 0) is 4.79 Å². The van der Waals surface area contributed by atoms with E-state index in [1.54, 1.807) is 19.0 Å². The topological polar surface area (TPSA) is 20.3 Å². The van der Waals surface area contributed by atoms with Crippen molar-refractivity contribution in [3.8, 4) is 0 Å². The van der Waals surface area contributed by atoms with Crippen molar-refractivity contribution < 1.29 is 13.6 Å². The minimum Gasteiger partial charge on any atom is -0.383 e. The molecule has 0 aromatic heterocycles. The van der Waals surface area contributed by atoms with Crippen LogP contribution in [0.4, 0.5) is 8.78 Å². The molecule has 1 rings (SSSR count). The first kappa shape index (κ1) is 12.8. The smallest absolute Gasteiger partial charge is 0.173 e. The van der Waals surface area contributed by atoms with Crippen molar-refractivity contribution in [2.24, 2.45) is 0 Å². The van der Waals surface area contributed by atoms with Gasteiger partial charge in [-0.2, -0.15) is 0 Å². The highest BCUT2D eigenvalue weighted by atomic mass is 79.9. The minimum absolute atomic E-state index is 0.0313. The van der Waals surface area contributed by atoms with E-state index in [1.807, 2.05) is 0 Å². The van der Waals surface area contributed by atoms with Crippen molar-refractivity contribution in [2.75, 3.05) is 14.1 Å². The van der Waals surface area contributed by atoms with Gasteiger partial charge >= 0.3 is 0 Å². The Kier molecular flexibility index (Phi) is 4.18. The lowest BCUT2D eigenvalue weighted by Gasteiger charge is -2.09. The summed E-state index contributed by atoms with van der Waals surface area (Å²) >= 11 is 2.87. The summed E-state index contributed by atoms with van der Waals surface area (Å²) in [5, 5.41) is 0. The summed E-state index contributed by atoms with van der Waals surface area (Å²) in [6.07, 6.45) is 1.92. The molecule has 0 unspecified atom stereocenters. The van der Waals surface area contributed by atoms with Gasteiger partial charge in [0.1, 0.15) is 0 Å². The maximum Gasteiger partial charge on any atom is 0.173 e. The molecular weight excluding hydrogens is 280 g/mol. The van der Waals surface area contributed by atoms with Crippen molar-refractivity contribution in [2.45, 2.75) is 0 Å². The number of benzene rings is 1. The molecule has 0 atom stereocenters. The number of rotatable bonds is 3. The van der Waals surface area contributed by atoms with Crippen LogP contribution < -0.4 is 0 Å². The maximum atomic E-state index is 13.5. The fourth-order valence-corrected chi connectivity index (χ4v) is 1.50. The molecule has 0 saturated heterocycles. The Bertz CT molecular complexity index is 444. The van der Waals surface area contributed by atoms with Crippen LogP contribution in [0.15, 0.2) is 22.8 Å². The highest BCUT2D eigenvalue weighted by Gasteiger charge is 2.14. The zero-order valence-electron chi connectivity index (χ0n) is 8.80. The largest absolute Gasteiger partial charge is 0.383 e. The van der Waals surface area contributed by atoms with Crippen molar-refractivity contribution in [1.82, 2.24) is 4.90 Å². The zero-order valence-corrected chi connectivity index (χ0v) is 10.4. The predicted molar refractivity (Wildman–Crippen MR) is 61.8 cm³/mol. The molecule has 0 amide bonds. The first-order valence-corrected chi connectivity index (χ1v) is 5.24. The molecule has 1 aromatic carbocycles. The van der Waals surface area contributed by atoms with Gasteiger partial charge < -0.3 is 4.90 Å². The van der Waals surface area contributed by atoms with Gasteiger partial charge in [-0.05, 0) is 28.1 Å². The van der Waals surface area contributed by atoms with Gasteiger partial charge in [0.25, 0.3) is 0 Å². The standard InChI is InChI=1S/C11H10BrF2NO/c1-15(2)5-7(6-16)8-3-4-9(12)11(14)10(8)13/h3-6H,1-2H3. The maximum absolute atomic E-state index is 13.5. The lowest BCUT2D eigenvalue weighted by atomic mass is 10.1. The molecule has 0 aliphatic heterocycles. The molecule has 0 bridgehead atoms. The third kappa shape index (κ3) is 2.66. The lowest BCUT2D eigenvalue weighted by Crippen LogP contribution is -2.05. The second-order valence-electron chi connectivity index (χ2n) is 3.39. The van der Waals surface area contributed by atoms with Crippen LogP contribution in [0.1, 0.15) is 5.56 Å². The summed E-state index contributed by atoms with van der Waals surface area (Å²) in [5.74, 6) is -2.03. The van der Waals surface area contributed by atoms with Crippen LogP contribution in [0.3, 0.4) is 0 Å². The van der Waals surface area contributed by atoms with Crippen LogP contribution in [-0.4, -0.2) is 25.3 Å². The zero-order chi connectivity index (χ0) is 12.3. The quantitative estimate of drug-likeness (QED) is 0.485. The third-order valence-electron chi connectivity index (χ3n) is 1.87. The second kappa shape index (κ2) is 5.21. The van der Waals surface area contributed by atoms with E-state index in [-0.39, 0.29) is 15.6 Å². The molecule has 0 radical (unpaired) electrons. The summed E-state index contributed by atoms with van der Waals surface area (Å²) < 4.78 is 26.8. The van der Waals surface area contributed by atoms with Gasteiger partial charge in [-0.25, -0.2) is 8.78 Å². The fourth-order valence-electron chi connectivity index (χ4n) is 1.19. The normalized spacial score (nSPS) is 11.4. The number of hydrogen-bond acceptors (Lipinski definition) is 2. The first-order chi connectivity index (χ1) is 7.47. The molecule has 1 aromatic rings. The van der Waals surface area contributed by atoms with E-state index in [0.29, 0.717) is 6.29 Å². The van der Waals surface area contributed by atoms with E-state index >= 15 is 0 Å². The van der Waals surface area contributed by atoms with E-state index in [4.69, 9.17) is 0 Å². The molecule has 0 spiro atoms. The van der Waals surface area contributed by atoms with Crippen LogP contribution >= 0.6 is 15.9 Å². The fraction of sp³-hybridized carbons (Fsp3) is 0.182. The Morgan fingerprint density at radius 2 is 1.94 bits per heavy atom. The van der Waals surface area contributed by atoms with Gasteiger partial charge in [0.2, 0.25) is 0 Å². The molecule has 5 heteroatoms. The van der Waals surface area contributed by atoms with Crippen LogP contribution in [0.25, 0.3) is 5.57 Å². The molecule has 0 aliphatic carbocycles. The van der Waals surface area contributed by atoms with Crippen molar-refractivity contribution in [3.63, 3.8) is 0 Å². The van der Waals surface area contributed by atoms with Gasteiger partial charge in [-0.1, -0.05) is 0 Å². The second-order valence-corrected chi connectivity index (χ2v) is 4.24. The molecule has 86 valence electrons. The molecule has 0 fully saturated rings. The van der Waals surface area contributed by atoms with Crippen LogP contribution in [0, 0.1) is 11.6 Å². The highest BCUT2D eigenvalue weighted by molar-refractivity contribution is 9.10. The van der Waals surface area contributed by atoms with E-state index in [2.05, 4.69) is 15.9 Å². The monoisotopic (exact) mass is 289 g/mol. The average molecular weight is 290 g/mol. The summed E-state index contributed by atoms with van der Waals surface area (Å²) in [6, 6.07) is 2.72. The Morgan fingerprint density at radius 1 is 1.31 bits per heavy atom. The first-order valence-electron chi connectivity index (χ1n) is 4.44. The van der Waals surface area contributed by atoms with E-state index in [9.17, 15) is 13.6 Å².